The lowest BCUT2D eigenvalue weighted by Crippen LogP contribution is -2.53. The molecule has 0 aromatic rings. The summed E-state index contributed by atoms with van der Waals surface area (Å²) in [6.45, 7) is 8.79. The van der Waals surface area contributed by atoms with Crippen molar-refractivity contribution in [1.29, 1.82) is 0 Å². The number of urea groups is 2. The molecule has 6 aliphatic heterocycles. The summed E-state index contributed by atoms with van der Waals surface area (Å²) in [5.41, 5.74) is 0. The molecule has 274 valence electrons. The Balaban J connectivity index is 0.000000145. The van der Waals surface area contributed by atoms with Crippen molar-refractivity contribution in [3.63, 3.8) is 0 Å². The lowest BCUT2D eigenvalue weighted by atomic mass is 9.89. The van der Waals surface area contributed by atoms with Crippen molar-refractivity contribution in [2.24, 2.45) is 5.92 Å². The van der Waals surface area contributed by atoms with Crippen molar-refractivity contribution in [1.82, 2.24) is 40.4 Å². The molecule has 49 heavy (non-hydrogen) atoms. The van der Waals surface area contributed by atoms with E-state index in [0.29, 0.717) is 54.1 Å². The maximum atomic E-state index is 12.5. The Morgan fingerprint density at radius 3 is 1.39 bits per heavy atom. The summed E-state index contributed by atoms with van der Waals surface area (Å²) >= 11 is 0. The number of fused-ring (bicyclic) bond motifs is 2. The van der Waals surface area contributed by atoms with Crippen LogP contribution in [0.25, 0.3) is 0 Å². The number of likely N-dealkylation sites (tertiary alicyclic amines) is 3. The summed E-state index contributed by atoms with van der Waals surface area (Å²) in [5, 5.41) is 9.94. The molecule has 3 aliphatic carbocycles. The van der Waals surface area contributed by atoms with E-state index in [4.69, 9.17) is 0 Å². The molecule has 4 atom stereocenters. The normalized spacial score (nSPS) is 34.6. The van der Waals surface area contributed by atoms with Crippen LogP contribution in [-0.4, -0.2) is 143 Å². The standard InChI is InChI=1S/C21H34N4O2.C17H30N4O/c26-20(15-5-6-15)24-13-7-16(8-14-24)23-11-9-17(10-12-23)25-19-4-2-1-3-18(19)22-21(25)27;22-17-19-15-3-1-2-4-16(15)21(17)14-7-11-20(12-8-14)13-5-9-18-10-6-13/h15-19H,1-14H2,(H,22,27);13-16,18H,1-12H2,(H,19,22)/t18-,19-;15-,16-/m00/s1. The minimum Gasteiger partial charge on any atom is -0.342 e. The quantitative estimate of drug-likeness (QED) is 0.409. The molecule has 0 radical (unpaired) electrons. The Hall–Kier alpha value is -2.11. The van der Waals surface area contributed by atoms with Crippen LogP contribution in [0.4, 0.5) is 9.59 Å². The predicted molar refractivity (Wildman–Crippen MR) is 190 cm³/mol. The zero-order valence-electron chi connectivity index (χ0n) is 30.0. The predicted octanol–water partition coefficient (Wildman–Crippen LogP) is 3.73. The number of piperidine rings is 4. The third-order valence-electron chi connectivity index (χ3n) is 14.1. The molecule has 6 heterocycles. The van der Waals surface area contributed by atoms with E-state index in [2.05, 4.69) is 40.4 Å². The average molecular weight is 681 g/mol. The number of hydrogen-bond acceptors (Lipinski definition) is 6. The fraction of sp³-hybridized carbons (Fsp3) is 0.921. The highest BCUT2D eigenvalue weighted by Gasteiger charge is 2.46. The molecule has 9 rings (SSSR count). The van der Waals surface area contributed by atoms with Gasteiger partial charge in [0.25, 0.3) is 0 Å². The van der Waals surface area contributed by atoms with E-state index >= 15 is 0 Å². The van der Waals surface area contributed by atoms with Gasteiger partial charge in [0, 0.05) is 69.4 Å². The Morgan fingerprint density at radius 1 is 0.490 bits per heavy atom. The molecule has 11 nitrogen and oxygen atoms in total. The topological polar surface area (TPSA) is 104 Å². The monoisotopic (exact) mass is 681 g/mol. The molecular weight excluding hydrogens is 616 g/mol. The second-order valence-corrected chi connectivity index (χ2v) is 17.0. The molecule has 0 aromatic carbocycles. The minimum absolute atomic E-state index is 0.192. The number of hydrogen-bond donors (Lipinski definition) is 3. The second kappa shape index (κ2) is 15.2. The van der Waals surface area contributed by atoms with Gasteiger partial charge in [0.2, 0.25) is 5.91 Å². The van der Waals surface area contributed by atoms with Crippen LogP contribution >= 0.6 is 0 Å². The van der Waals surface area contributed by atoms with Gasteiger partial charge < -0.3 is 40.4 Å². The Bertz CT molecular complexity index is 1150. The van der Waals surface area contributed by atoms with Crippen LogP contribution in [-0.2, 0) is 4.79 Å². The molecule has 6 saturated heterocycles. The van der Waals surface area contributed by atoms with Gasteiger partial charge in [-0.3, -0.25) is 4.79 Å². The van der Waals surface area contributed by atoms with Crippen molar-refractivity contribution in [2.45, 2.75) is 164 Å². The fourth-order valence-electron chi connectivity index (χ4n) is 11.1. The average Bonchev–Trinajstić information content (AvgIpc) is 3.87. The van der Waals surface area contributed by atoms with E-state index in [0.717, 1.165) is 77.2 Å². The lowest BCUT2D eigenvalue weighted by Gasteiger charge is -2.44. The molecule has 3 N–H and O–H groups in total. The van der Waals surface area contributed by atoms with Gasteiger partial charge in [-0.1, -0.05) is 25.7 Å². The van der Waals surface area contributed by atoms with Crippen LogP contribution in [0.3, 0.4) is 0 Å². The van der Waals surface area contributed by atoms with Gasteiger partial charge in [0.15, 0.2) is 0 Å². The Kier molecular flexibility index (Phi) is 10.6. The molecule has 0 aromatic heterocycles. The van der Waals surface area contributed by atoms with Gasteiger partial charge in [-0.05, 0) is 103 Å². The highest BCUT2D eigenvalue weighted by atomic mass is 16.2. The van der Waals surface area contributed by atoms with Crippen LogP contribution in [0.15, 0.2) is 0 Å². The number of carbonyl (C=O) groups is 3. The highest BCUT2D eigenvalue weighted by molar-refractivity contribution is 5.81. The van der Waals surface area contributed by atoms with E-state index < -0.39 is 0 Å². The summed E-state index contributed by atoms with van der Waals surface area (Å²) in [4.78, 5) is 49.1. The summed E-state index contributed by atoms with van der Waals surface area (Å²) in [7, 11) is 0. The maximum absolute atomic E-state index is 12.5. The lowest BCUT2D eigenvalue weighted by molar-refractivity contribution is -0.134. The molecule has 0 unspecified atom stereocenters. The largest absolute Gasteiger partial charge is 0.342 e. The molecule has 5 amide bonds. The Labute approximate surface area is 294 Å². The number of nitrogens with zero attached hydrogens (tertiary/aromatic N) is 5. The van der Waals surface area contributed by atoms with Crippen LogP contribution in [0.5, 0.6) is 0 Å². The van der Waals surface area contributed by atoms with Gasteiger partial charge >= 0.3 is 12.1 Å². The first-order valence-corrected chi connectivity index (χ1v) is 20.7. The van der Waals surface area contributed by atoms with Crippen molar-refractivity contribution >= 4 is 18.0 Å². The molecular formula is C38H64N8O3. The number of amides is 5. The summed E-state index contributed by atoms with van der Waals surface area (Å²) in [5.74, 6) is 0.766. The zero-order valence-corrected chi connectivity index (χ0v) is 30.0. The third-order valence-corrected chi connectivity index (χ3v) is 14.1. The van der Waals surface area contributed by atoms with Gasteiger partial charge in [-0.15, -0.1) is 0 Å². The van der Waals surface area contributed by atoms with Gasteiger partial charge in [0.1, 0.15) is 0 Å². The minimum atomic E-state index is 0.192. The zero-order chi connectivity index (χ0) is 33.3. The molecule has 0 spiro atoms. The van der Waals surface area contributed by atoms with Crippen LogP contribution in [0, 0.1) is 5.92 Å². The first-order valence-electron chi connectivity index (χ1n) is 20.7. The Morgan fingerprint density at radius 2 is 0.918 bits per heavy atom. The number of carbonyl (C=O) groups excluding carboxylic acids is 3. The summed E-state index contributed by atoms with van der Waals surface area (Å²) in [6, 6.07) is 4.48. The SMILES string of the molecule is O=C(C1CC1)N1CCC(N2CCC(N3C(=O)N[C@H]4CCCC[C@@H]43)CC2)CC1.O=C1N[C@H]2CCCC[C@@H]2N1C1CCN(C2CCNCC2)CC1. The van der Waals surface area contributed by atoms with Crippen molar-refractivity contribution in [3.8, 4) is 0 Å². The third kappa shape index (κ3) is 7.46. The maximum Gasteiger partial charge on any atom is 0.318 e. The van der Waals surface area contributed by atoms with Crippen LogP contribution in [0.1, 0.15) is 116 Å². The summed E-state index contributed by atoms with van der Waals surface area (Å²) < 4.78 is 0. The molecule has 3 saturated carbocycles. The van der Waals surface area contributed by atoms with Crippen LogP contribution < -0.4 is 16.0 Å². The van der Waals surface area contributed by atoms with E-state index in [1.54, 1.807) is 0 Å². The molecule has 0 bridgehead atoms. The fourth-order valence-corrected chi connectivity index (χ4v) is 11.1. The van der Waals surface area contributed by atoms with Crippen LogP contribution in [0.2, 0.25) is 0 Å². The van der Waals surface area contributed by atoms with Gasteiger partial charge in [-0.2, -0.15) is 0 Å². The summed E-state index contributed by atoms with van der Waals surface area (Å²) in [6.07, 6.45) is 21.4. The van der Waals surface area contributed by atoms with E-state index in [1.165, 1.54) is 96.8 Å². The first-order chi connectivity index (χ1) is 24.0. The molecule has 9 fully saturated rings. The van der Waals surface area contributed by atoms with Gasteiger partial charge in [-0.25, -0.2) is 9.59 Å². The molecule has 9 aliphatic rings. The number of nitrogens with one attached hydrogen (secondary N) is 3. The van der Waals surface area contributed by atoms with Crippen molar-refractivity contribution < 1.29 is 14.4 Å². The first kappa shape index (κ1) is 34.0. The van der Waals surface area contributed by atoms with E-state index in [9.17, 15) is 14.4 Å². The van der Waals surface area contributed by atoms with Crippen molar-refractivity contribution in [3.05, 3.63) is 0 Å². The highest BCUT2D eigenvalue weighted by Crippen LogP contribution is 2.36. The number of rotatable bonds is 5. The smallest absolute Gasteiger partial charge is 0.318 e. The second-order valence-electron chi connectivity index (χ2n) is 17.0. The van der Waals surface area contributed by atoms with E-state index in [1.807, 2.05) is 0 Å². The molecule has 11 heteroatoms. The van der Waals surface area contributed by atoms with Gasteiger partial charge in [0.05, 0.1) is 24.2 Å². The van der Waals surface area contributed by atoms with E-state index in [-0.39, 0.29) is 12.1 Å². The van der Waals surface area contributed by atoms with Crippen molar-refractivity contribution in [2.75, 3.05) is 52.4 Å².